The number of nitrogens with one attached hydrogen (secondary N) is 1. The summed E-state index contributed by atoms with van der Waals surface area (Å²) in [5.74, 6) is -0.0809. The van der Waals surface area contributed by atoms with Crippen molar-refractivity contribution in [1.82, 2.24) is 10.2 Å². The van der Waals surface area contributed by atoms with Crippen molar-refractivity contribution in [2.45, 2.75) is 0 Å². The topological polar surface area (TPSA) is 45.8 Å². The molecule has 0 bridgehead atoms. The van der Waals surface area contributed by atoms with Gasteiger partial charge in [0.25, 0.3) is 0 Å². The molecule has 0 radical (unpaired) electrons. The molecular weight excluding hydrogens is 331 g/mol. The SMILES string of the molecule is O=C(/C=C/c1cc(-c2ccc(Cl)cc2)n[nH]1)c1ccc([ClH+])cc1. The third-order valence-electron chi connectivity index (χ3n) is 3.29. The molecule has 0 aliphatic rings. The normalized spacial score (nSPS) is 11.0. The van der Waals surface area contributed by atoms with E-state index in [9.17, 15) is 4.79 Å². The van der Waals surface area contributed by atoms with E-state index in [0.717, 1.165) is 17.0 Å². The van der Waals surface area contributed by atoms with Gasteiger partial charge in [-0.3, -0.25) is 9.89 Å². The monoisotopic (exact) mass is 343 g/mol. The number of aromatic amines is 1. The summed E-state index contributed by atoms with van der Waals surface area (Å²) in [7, 11) is 0. The molecule has 3 nitrogen and oxygen atoms in total. The molecule has 0 fully saturated rings. The summed E-state index contributed by atoms with van der Waals surface area (Å²) in [5.41, 5.74) is 3.11. The van der Waals surface area contributed by atoms with Crippen molar-refractivity contribution in [3.05, 3.63) is 82.0 Å². The second kappa shape index (κ2) is 6.82. The molecular formula is C18H13Cl2N2O+. The molecule has 1 aromatic heterocycles. The lowest BCUT2D eigenvalue weighted by Crippen LogP contribution is -1.93. The van der Waals surface area contributed by atoms with E-state index in [1.807, 2.05) is 30.3 Å². The smallest absolute Gasteiger partial charge is 0.225 e. The standard InChI is InChI=1S/C18H12Cl2N2O/c19-14-5-1-12(2-6-14)17-11-16(21-22-17)9-10-18(23)13-3-7-15(20)8-4-13/h1-11,20H/p+1. The van der Waals surface area contributed by atoms with Crippen LogP contribution >= 0.6 is 11.6 Å². The number of carbonyl (C=O) groups excluding carboxylic acids is 1. The van der Waals surface area contributed by atoms with Crippen molar-refractivity contribution in [1.29, 1.82) is 0 Å². The van der Waals surface area contributed by atoms with Crippen LogP contribution in [0.3, 0.4) is 0 Å². The van der Waals surface area contributed by atoms with Crippen LogP contribution in [0.25, 0.3) is 17.3 Å². The summed E-state index contributed by atoms with van der Waals surface area (Å²) < 4.78 is 0. The molecule has 0 unspecified atom stereocenters. The van der Waals surface area contributed by atoms with Gasteiger partial charge in [0.15, 0.2) is 17.4 Å². The van der Waals surface area contributed by atoms with E-state index < -0.39 is 0 Å². The Morgan fingerprint density at radius 2 is 1.78 bits per heavy atom. The number of halogens is 2. The number of ketones is 1. The highest BCUT2D eigenvalue weighted by atomic mass is 35.5. The number of rotatable bonds is 4. The molecule has 1 heterocycles. The Kier molecular flexibility index (Phi) is 4.60. The van der Waals surface area contributed by atoms with Crippen LogP contribution in [0.5, 0.6) is 0 Å². The number of carbonyl (C=O) groups is 1. The Bertz CT molecular complexity index is 849. The average molecular weight is 344 g/mol. The van der Waals surface area contributed by atoms with Crippen molar-refractivity contribution < 1.29 is 16.4 Å². The minimum Gasteiger partial charge on any atom is -0.289 e. The van der Waals surface area contributed by atoms with Crippen LogP contribution in [0.1, 0.15) is 16.1 Å². The van der Waals surface area contributed by atoms with E-state index in [-0.39, 0.29) is 5.78 Å². The molecule has 0 amide bonds. The van der Waals surface area contributed by atoms with Crippen LogP contribution < -0.4 is 0 Å². The summed E-state index contributed by atoms with van der Waals surface area (Å²) in [6.45, 7) is 0. The Labute approximate surface area is 143 Å². The highest BCUT2D eigenvalue weighted by Crippen LogP contribution is 2.20. The number of aromatic nitrogens is 2. The van der Waals surface area contributed by atoms with Gasteiger partial charge in [0.05, 0.1) is 11.4 Å². The molecule has 2 aromatic carbocycles. The zero-order chi connectivity index (χ0) is 16.2. The van der Waals surface area contributed by atoms with E-state index >= 15 is 0 Å². The second-order valence-electron chi connectivity index (χ2n) is 4.94. The predicted molar refractivity (Wildman–Crippen MR) is 89.4 cm³/mol. The van der Waals surface area contributed by atoms with Gasteiger partial charge in [-0.05, 0) is 42.5 Å². The molecule has 0 saturated carbocycles. The number of H-pyrrole nitrogens is 1. The van der Waals surface area contributed by atoms with Crippen LogP contribution in [0.15, 0.2) is 60.7 Å². The molecule has 0 atom stereocenters. The zero-order valence-corrected chi connectivity index (χ0v) is 13.6. The largest absolute Gasteiger partial charge is 0.289 e. The Morgan fingerprint density at radius 3 is 2.48 bits per heavy atom. The van der Waals surface area contributed by atoms with Gasteiger partial charge in [-0.25, -0.2) is 0 Å². The molecule has 0 aliphatic heterocycles. The minimum atomic E-state index is -0.0809. The van der Waals surface area contributed by atoms with Gasteiger partial charge in [0.1, 0.15) is 0 Å². The van der Waals surface area contributed by atoms with Gasteiger partial charge in [-0.2, -0.15) is 5.10 Å². The fourth-order valence-electron chi connectivity index (χ4n) is 2.07. The quantitative estimate of drug-likeness (QED) is 0.566. The van der Waals surface area contributed by atoms with Crippen molar-refractivity contribution in [2.24, 2.45) is 0 Å². The summed E-state index contributed by atoms with van der Waals surface area (Å²) in [6.07, 6.45) is 3.22. The van der Waals surface area contributed by atoms with E-state index in [1.165, 1.54) is 6.08 Å². The van der Waals surface area contributed by atoms with E-state index in [4.69, 9.17) is 23.2 Å². The number of hydrogen-bond acceptors (Lipinski definition) is 2. The molecule has 3 aromatic rings. The fraction of sp³-hybridized carbons (Fsp3) is 0. The van der Waals surface area contributed by atoms with Crippen molar-refractivity contribution in [3.63, 3.8) is 0 Å². The average Bonchev–Trinajstić information content (AvgIpc) is 3.03. The van der Waals surface area contributed by atoms with Crippen molar-refractivity contribution in [2.75, 3.05) is 0 Å². The molecule has 0 spiro atoms. The highest BCUT2D eigenvalue weighted by molar-refractivity contribution is 6.30. The Hall–Kier alpha value is -2.36. The molecule has 3 rings (SSSR count). The van der Waals surface area contributed by atoms with Gasteiger partial charge < -0.3 is 0 Å². The summed E-state index contributed by atoms with van der Waals surface area (Å²) >= 11 is 10.9. The van der Waals surface area contributed by atoms with Crippen LogP contribution in [0.2, 0.25) is 10.0 Å². The Balaban J connectivity index is 1.74. The highest BCUT2D eigenvalue weighted by Gasteiger charge is 2.05. The lowest BCUT2D eigenvalue weighted by atomic mass is 10.1. The van der Waals surface area contributed by atoms with Crippen molar-refractivity contribution >= 4 is 23.5 Å². The molecule has 1 N–H and O–H groups in total. The van der Waals surface area contributed by atoms with E-state index in [1.54, 1.807) is 30.3 Å². The summed E-state index contributed by atoms with van der Waals surface area (Å²) in [4.78, 5) is 12.1. The van der Waals surface area contributed by atoms with Crippen LogP contribution in [-0.4, -0.2) is 16.0 Å². The molecule has 5 heteroatoms. The van der Waals surface area contributed by atoms with Crippen molar-refractivity contribution in [3.8, 4) is 11.3 Å². The second-order valence-corrected chi connectivity index (χ2v) is 5.85. The van der Waals surface area contributed by atoms with E-state index in [0.29, 0.717) is 15.6 Å². The van der Waals surface area contributed by atoms with E-state index in [2.05, 4.69) is 10.2 Å². The van der Waals surface area contributed by atoms with Gasteiger partial charge >= 0.3 is 0 Å². The van der Waals surface area contributed by atoms with Gasteiger partial charge in [-0.15, -0.1) is 0 Å². The molecule has 114 valence electrons. The Morgan fingerprint density at radius 1 is 1.09 bits per heavy atom. The third-order valence-corrected chi connectivity index (χ3v) is 3.81. The van der Waals surface area contributed by atoms with Crippen LogP contribution in [0.4, 0.5) is 0 Å². The zero-order valence-electron chi connectivity index (χ0n) is 12.0. The number of allylic oxidation sites excluding steroid dienone is 1. The maximum Gasteiger partial charge on any atom is 0.225 e. The van der Waals surface area contributed by atoms with Gasteiger partial charge in [-0.1, -0.05) is 23.7 Å². The number of hydrogen-bond donors (Lipinski definition) is 1. The molecule has 23 heavy (non-hydrogen) atoms. The number of nitrogens with zero attached hydrogens (tertiary/aromatic N) is 1. The lowest BCUT2D eigenvalue weighted by molar-refractivity contribution is -0.288. The number of benzene rings is 2. The van der Waals surface area contributed by atoms with Crippen LogP contribution in [0, 0.1) is 11.6 Å². The first-order chi connectivity index (χ1) is 11.1. The lowest BCUT2D eigenvalue weighted by Gasteiger charge is -1.95. The molecule has 0 aliphatic carbocycles. The maximum absolute atomic E-state index is 12.1. The van der Waals surface area contributed by atoms with Crippen LogP contribution in [-0.2, 0) is 0 Å². The first-order valence-electron chi connectivity index (χ1n) is 6.93. The fourth-order valence-corrected chi connectivity index (χ4v) is 2.33. The first kappa shape index (κ1) is 15.5. The van der Waals surface area contributed by atoms with Gasteiger partial charge in [0, 0.05) is 28.3 Å². The maximum atomic E-state index is 12.1. The molecule has 0 saturated heterocycles. The third kappa shape index (κ3) is 3.89. The van der Waals surface area contributed by atoms with Gasteiger partial charge in [0.2, 0.25) is 5.02 Å². The summed E-state index contributed by atoms with van der Waals surface area (Å²) in [6, 6.07) is 16.2. The first-order valence-corrected chi connectivity index (χ1v) is 7.71. The predicted octanol–water partition coefficient (Wildman–Crippen LogP) is 4.32. The summed E-state index contributed by atoms with van der Waals surface area (Å²) in [5, 5.41) is 8.53. The minimum absolute atomic E-state index is 0.0809.